The van der Waals surface area contributed by atoms with Gasteiger partial charge in [-0.05, 0) is 30.7 Å². The molecule has 0 bridgehead atoms. The van der Waals surface area contributed by atoms with Crippen LogP contribution in [0.25, 0.3) is 6.08 Å². The van der Waals surface area contributed by atoms with Gasteiger partial charge in [-0.1, -0.05) is 23.7 Å². The van der Waals surface area contributed by atoms with Crippen LogP contribution in [0, 0.1) is 0 Å². The molecule has 0 aliphatic rings. The van der Waals surface area contributed by atoms with E-state index in [-0.39, 0.29) is 11.9 Å². The molecule has 0 aromatic heterocycles. The van der Waals surface area contributed by atoms with E-state index >= 15 is 0 Å². The predicted molar refractivity (Wildman–Crippen MR) is 70.0 cm³/mol. The van der Waals surface area contributed by atoms with Crippen molar-refractivity contribution >= 4 is 23.6 Å². The van der Waals surface area contributed by atoms with Crippen LogP contribution in [-0.4, -0.2) is 25.7 Å². The number of hydrogen-bond acceptors (Lipinski definition) is 2. The first kappa shape index (κ1) is 13.7. The fourth-order valence-corrected chi connectivity index (χ4v) is 1.45. The number of methoxy groups -OCH3 is 1. The molecule has 0 saturated carbocycles. The molecule has 4 heteroatoms. The highest BCUT2D eigenvalue weighted by Gasteiger charge is 2.02. The molecule has 3 nitrogen and oxygen atoms in total. The number of ether oxygens (including phenoxy) is 1. The second-order valence-corrected chi connectivity index (χ2v) is 4.19. The third-order valence-corrected chi connectivity index (χ3v) is 2.35. The van der Waals surface area contributed by atoms with E-state index in [1.54, 1.807) is 25.3 Å². The van der Waals surface area contributed by atoms with Gasteiger partial charge < -0.3 is 10.1 Å². The summed E-state index contributed by atoms with van der Waals surface area (Å²) in [5.41, 5.74) is 0.934. The number of hydrogen-bond donors (Lipinski definition) is 1. The number of nitrogens with one attached hydrogen (secondary N) is 1. The minimum absolute atomic E-state index is 0.00219. The molecular weight excluding hydrogens is 238 g/mol. The zero-order valence-electron chi connectivity index (χ0n) is 9.94. The topological polar surface area (TPSA) is 38.3 Å². The lowest BCUT2D eigenvalue weighted by molar-refractivity contribution is -0.117. The van der Waals surface area contributed by atoms with Gasteiger partial charge in [-0.15, -0.1) is 0 Å². The summed E-state index contributed by atoms with van der Waals surface area (Å²) >= 11 is 5.76. The SMILES string of the molecule is COC[C@H](C)NC(=O)/C=C/c1ccc(Cl)cc1. The van der Waals surface area contributed by atoms with E-state index in [9.17, 15) is 4.79 Å². The monoisotopic (exact) mass is 253 g/mol. The third kappa shape index (κ3) is 5.52. The second kappa shape index (κ2) is 7.09. The van der Waals surface area contributed by atoms with Crippen molar-refractivity contribution in [3.05, 3.63) is 40.9 Å². The van der Waals surface area contributed by atoms with Gasteiger partial charge in [0.2, 0.25) is 5.91 Å². The molecule has 0 unspecified atom stereocenters. The highest BCUT2D eigenvalue weighted by atomic mass is 35.5. The van der Waals surface area contributed by atoms with E-state index in [0.717, 1.165) is 5.56 Å². The standard InChI is InChI=1S/C13H16ClNO2/c1-10(9-17-2)15-13(16)8-5-11-3-6-12(14)7-4-11/h3-8,10H,9H2,1-2H3,(H,15,16)/b8-5+/t10-/m0/s1. The number of halogens is 1. The molecular formula is C13H16ClNO2. The summed E-state index contributed by atoms with van der Waals surface area (Å²) in [7, 11) is 1.60. The van der Waals surface area contributed by atoms with Crippen molar-refractivity contribution in [2.24, 2.45) is 0 Å². The Morgan fingerprint density at radius 3 is 2.71 bits per heavy atom. The average molecular weight is 254 g/mol. The summed E-state index contributed by atoms with van der Waals surface area (Å²) in [6, 6.07) is 7.27. The van der Waals surface area contributed by atoms with Crippen molar-refractivity contribution in [2.45, 2.75) is 13.0 Å². The smallest absolute Gasteiger partial charge is 0.244 e. The number of rotatable bonds is 5. The molecule has 1 N–H and O–H groups in total. The second-order valence-electron chi connectivity index (χ2n) is 3.75. The maximum atomic E-state index is 11.5. The molecule has 0 spiro atoms. The van der Waals surface area contributed by atoms with Crippen LogP contribution in [0.4, 0.5) is 0 Å². The van der Waals surface area contributed by atoms with Gasteiger partial charge in [-0.2, -0.15) is 0 Å². The molecule has 1 aromatic carbocycles. The summed E-state index contributed by atoms with van der Waals surface area (Å²) in [6.07, 6.45) is 3.24. The summed E-state index contributed by atoms with van der Waals surface area (Å²) < 4.78 is 4.93. The number of amides is 1. The van der Waals surface area contributed by atoms with Gasteiger partial charge in [0.25, 0.3) is 0 Å². The van der Waals surface area contributed by atoms with Crippen molar-refractivity contribution in [3.8, 4) is 0 Å². The highest BCUT2D eigenvalue weighted by Crippen LogP contribution is 2.10. The van der Waals surface area contributed by atoms with Crippen LogP contribution in [0.2, 0.25) is 5.02 Å². The van der Waals surface area contributed by atoms with Crippen LogP contribution in [0.3, 0.4) is 0 Å². The Kier molecular flexibility index (Phi) is 5.73. The summed E-state index contributed by atoms with van der Waals surface area (Å²) in [4.78, 5) is 11.5. The van der Waals surface area contributed by atoms with Crippen LogP contribution in [0.5, 0.6) is 0 Å². The minimum Gasteiger partial charge on any atom is -0.383 e. The number of carbonyl (C=O) groups is 1. The molecule has 1 rings (SSSR count). The first-order valence-electron chi connectivity index (χ1n) is 5.35. The summed E-state index contributed by atoms with van der Waals surface area (Å²) in [6.45, 7) is 2.39. The lowest BCUT2D eigenvalue weighted by Gasteiger charge is -2.10. The van der Waals surface area contributed by atoms with Crippen molar-refractivity contribution in [2.75, 3.05) is 13.7 Å². The Morgan fingerprint density at radius 1 is 1.47 bits per heavy atom. The molecule has 92 valence electrons. The Morgan fingerprint density at radius 2 is 2.12 bits per heavy atom. The Labute approximate surface area is 106 Å². The van der Waals surface area contributed by atoms with Crippen molar-refractivity contribution in [3.63, 3.8) is 0 Å². The molecule has 1 aromatic rings. The van der Waals surface area contributed by atoms with E-state index < -0.39 is 0 Å². The fraction of sp³-hybridized carbons (Fsp3) is 0.308. The third-order valence-electron chi connectivity index (χ3n) is 2.10. The van der Waals surface area contributed by atoms with Crippen molar-refractivity contribution in [1.29, 1.82) is 0 Å². The summed E-state index contributed by atoms with van der Waals surface area (Å²) in [5, 5.41) is 3.47. The largest absolute Gasteiger partial charge is 0.383 e. The van der Waals surface area contributed by atoms with Crippen LogP contribution in [0.1, 0.15) is 12.5 Å². The average Bonchev–Trinajstić information content (AvgIpc) is 2.28. The zero-order chi connectivity index (χ0) is 12.7. The quantitative estimate of drug-likeness (QED) is 0.819. The fourth-order valence-electron chi connectivity index (χ4n) is 1.33. The van der Waals surface area contributed by atoms with Crippen LogP contribution in [-0.2, 0) is 9.53 Å². The molecule has 0 fully saturated rings. The Hall–Kier alpha value is -1.32. The summed E-state index contributed by atoms with van der Waals surface area (Å²) in [5.74, 6) is -0.135. The van der Waals surface area contributed by atoms with Gasteiger partial charge in [0.05, 0.1) is 6.61 Å². The van der Waals surface area contributed by atoms with Crippen LogP contribution >= 0.6 is 11.6 Å². The lowest BCUT2D eigenvalue weighted by atomic mass is 10.2. The molecule has 0 saturated heterocycles. The van der Waals surface area contributed by atoms with Crippen molar-refractivity contribution < 1.29 is 9.53 Å². The first-order valence-corrected chi connectivity index (χ1v) is 5.72. The normalized spacial score (nSPS) is 12.6. The molecule has 0 aliphatic heterocycles. The van der Waals surface area contributed by atoms with Gasteiger partial charge in [-0.25, -0.2) is 0 Å². The maximum Gasteiger partial charge on any atom is 0.244 e. The van der Waals surface area contributed by atoms with Crippen LogP contribution in [0.15, 0.2) is 30.3 Å². The molecule has 17 heavy (non-hydrogen) atoms. The number of benzene rings is 1. The number of carbonyl (C=O) groups excluding carboxylic acids is 1. The molecule has 0 radical (unpaired) electrons. The minimum atomic E-state index is -0.135. The molecule has 1 amide bonds. The van der Waals surface area contributed by atoms with Gasteiger partial charge in [0.15, 0.2) is 0 Å². The van der Waals surface area contributed by atoms with E-state index in [4.69, 9.17) is 16.3 Å². The highest BCUT2D eigenvalue weighted by molar-refractivity contribution is 6.30. The molecule has 0 aliphatic carbocycles. The van der Waals surface area contributed by atoms with Gasteiger partial charge >= 0.3 is 0 Å². The van der Waals surface area contributed by atoms with Gasteiger partial charge in [-0.3, -0.25) is 4.79 Å². The van der Waals surface area contributed by atoms with E-state index in [2.05, 4.69) is 5.32 Å². The lowest BCUT2D eigenvalue weighted by Crippen LogP contribution is -2.34. The van der Waals surface area contributed by atoms with E-state index in [1.165, 1.54) is 6.08 Å². The maximum absolute atomic E-state index is 11.5. The molecule has 1 atom stereocenters. The van der Waals surface area contributed by atoms with Crippen molar-refractivity contribution in [1.82, 2.24) is 5.32 Å². The van der Waals surface area contributed by atoms with E-state index in [0.29, 0.717) is 11.6 Å². The van der Waals surface area contributed by atoms with Gasteiger partial charge in [0.1, 0.15) is 0 Å². The van der Waals surface area contributed by atoms with Crippen LogP contribution < -0.4 is 5.32 Å². The molecule has 0 heterocycles. The van der Waals surface area contributed by atoms with Gasteiger partial charge in [0, 0.05) is 24.3 Å². The predicted octanol–water partition coefficient (Wildman–Crippen LogP) is 2.50. The Balaban J connectivity index is 2.47. The zero-order valence-corrected chi connectivity index (χ0v) is 10.7. The Bertz CT molecular complexity index is 387. The first-order chi connectivity index (χ1) is 8.11. The van der Waals surface area contributed by atoms with E-state index in [1.807, 2.05) is 19.1 Å².